The molecule has 0 radical (unpaired) electrons. The number of phenolic OH excluding ortho intramolecular Hbond substituents is 1. The Bertz CT molecular complexity index is 1710. The number of hydrogen-bond acceptors (Lipinski definition) is 4. The number of fused-ring (bicyclic) bond motifs is 4. The maximum Gasteiger partial charge on any atom is 0.198 e. The maximum absolute atomic E-state index is 9.01. The number of phenols is 1. The first kappa shape index (κ1) is 35.8. The molecule has 0 spiro atoms. The smallest absolute Gasteiger partial charge is 0.198 e. The van der Waals surface area contributed by atoms with E-state index in [2.05, 4.69) is 114 Å². The molecule has 1 heterocycles. The predicted molar refractivity (Wildman–Crippen MR) is 202 cm³/mol. The van der Waals surface area contributed by atoms with Crippen LogP contribution >= 0.6 is 0 Å². The van der Waals surface area contributed by atoms with Gasteiger partial charge in [-0.2, -0.15) is 0 Å². The van der Waals surface area contributed by atoms with E-state index in [1.165, 1.54) is 38.9 Å². The molecule has 4 heteroatoms. The van der Waals surface area contributed by atoms with Gasteiger partial charge in [0, 0.05) is 11.5 Å². The highest BCUT2D eigenvalue weighted by atomic mass is 16.7. The molecule has 0 amide bonds. The number of ether oxygens (including phenoxy) is 3. The highest BCUT2D eigenvalue weighted by molar-refractivity contribution is 5.78. The molecule has 5 aromatic rings. The summed E-state index contributed by atoms with van der Waals surface area (Å²) >= 11 is 0. The van der Waals surface area contributed by atoms with E-state index in [0.717, 1.165) is 24.3 Å². The van der Waals surface area contributed by atoms with E-state index in [0.29, 0.717) is 29.6 Å². The summed E-state index contributed by atoms with van der Waals surface area (Å²) in [6.45, 7) is 15.1. The Labute approximate surface area is 293 Å². The fourth-order valence-corrected chi connectivity index (χ4v) is 6.34. The number of hydrogen-bond donors (Lipinski definition) is 1. The number of para-hydroxylation sites is 1. The van der Waals surface area contributed by atoms with E-state index in [1.807, 2.05) is 43.3 Å². The lowest BCUT2D eigenvalue weighted by molar-refractivity contribution is -0.0945. The fraction of sp³-hybridized carbons (Fsp3) is 0.333. The molecule has 0 fully saturated rings. The third-order valence-electron chi connectivity index (χ3n) is 9.97. The van der Waals surface area contributed by atoms with Gasteiger partial charge in [-0.15, -0.1) is 0 Å². The fourth-order valence-electron chi connectivity index (χ4n) is 6.34. The van der Waals surface area contributed by atoms with Gasteiger partial charge in [0.15, 0.2) is 6.29 Å². The lowest BCUT2D eigenvalue weighted by Gasteiger charge is -2.22. The lowest BCUT2D eigenvalue weighted by atomic mass is 9.99. The Morgan fingerprint density at radius 3 is 1.59 bits per heavy atom. The van der Waals surface area contributed by atoms with Gasteiger partial charge in [-0.1, -0.05) is 126 Å². The number of benzene rings is 5. The first-order chi connectivity index (χ1) is 23.7. The van der Waals surface area contributed by atoms with Crippen molar-refractivity contribution in [2.45, 2.75) is 97.6 Å². The molecule has 256 valence electrons. The minimum absolute atomic E-state index is 0.0909. The van der Waals surface area contributed by atoms with E-state index < -0.39 is 0 Å². The van der Waals surface area contributed by atoms with Crippen molar-refractivity contribution in [3.63, 3.8) is 0 Å². The largest absolute Gasteiger partial charge is 0.508 e. The van der Waals surface area contributed by atoms with Crippen molar-refractivity contribution in [2.24, 2.45) is 0 Å². The minimum atomic E-state index is -0.344. The van der Waals surface area contributed by atoms with Gasteiger partial charge in [0.25, 0.3) is 0 Å². The minimum Gasteiger partial charge on any atom is -0.508 e. The van der Waals surface area contributed by atoms with Crippen LogP contribution in [0.5, 0.6) is 17.2 Å². The summed E-state index contributed by atoms with van der Waals surface area (Å²) in [5, 5.41) is 9.01. The van der Waals surface area contributed by atoms with Gasteiger partial charge in [-0.3, -0.25) is 0 Å². The number of aromatic hydroxyl groups is 1. The van der Waals surface area contributed by atoms with Crippen molar-refractivity contribution in [3.05, 3.63) is 149 Å². The molecule has 5 atom stereocenters. The van der Waals surface area contributed by atoms with Crippen LogP contribution < -0.4 is 9.47 Å². The van der Waals surface area contributed by atoms with Crippen molar-refractivity contribution >= 4 is 0 Å². The second kappa shape index (κ2) is 16.7. The SMILES string of the molecule is CC1Oc2ccccc2C1C.CCC(C)c1ccc(O)cc1.CCC(C)c1ccc(OC(C)OC2c3ccccc3-c3ccccc32)cc1. The van der Waals surface area contributed by atoms with E-state index in [1.54, 1.807) is 12.1 Å². The van der Waals surface area contributed by atoms with Gasteiger partial charge in [-0.05, 0) is 102 Å². The van der Waals surface area contributed by atoms with Crippen LogP contribution in [0, 0.1) is 0 Å². The third kappa shape index (κ3) is 8.74. The molecule has 1 N–H and O–H groups in total. The van der Waals surface area contributed by atoms with Gasteiger partial charge in [0.05, 0.1) is 0 Å². The Kier molecular flexibility index (Phi) is 12.2. The van der Waals surface area contributed by atoms with Crippen molar-refractivity contribution in [3.8, 4) is 28.4 Å². The molecule has 4 nitrogen and oxygen atoms in total. The second-order valence-electron chi connectivity index (χ2n) is 13.3. The van der Waals surface area contributed by atoms with E-state index in [-0.39, 0.29) is 12.4 Å². The third-order valence-corrected chi connectivity index (χ3v) is 9.97. The lowest BCUT2D eigenvalue weighted by Crippen LogP contribution is -2.19. The highest BCUT2D eigenvalue weighted by Gasteiger charge is 2.30. The van der Waals surface area contributed by atoms with Crippen molar-refractivity contribution < 1.29 is 19.3 Å². The average molecular weight is 657 g/mol. The van der Waals surface area contributed by atoms with Gasteiger partial charge >= 0.3 is 0 Å². The maximum atomic E-state index is 9.01. The van der Waals surface area contributed by atoms with Crippen LogP contribution in [0.25, 0.3) is 11.1 Å². The van der Waals surface area contributed by atoms with Crippen LogP contribution in [0.4, 0.5) is 0 Å². The predicted octanol–water partition coefficient (Wildman–Crippen LogP) is 12.2. The van der Waals surface area contributed by atoms with Gasteiger partial charge in [0.1, 0.15) is 29.5 Å². The van der Waals surface area contributed by atoms with Crippen LogP contribution in [0.15, 0.2) is 121 Å². The first-order valence-corrected chi connectivity index (χ1v) is 17.8. The molecule has 1 aliphatic carbocycles. The Balaban J connectivity index is 0.000000174. The molecule has 0 saturated carbocycles. The molecule has 49 heavy (non-hydrogen) atoms. The van der Waals surface area contributed by atoms with Crippen LogP contribution in [0.2, 0.25) is 0 Å². The van der Waals surface area contributed by atoms with Gasteiger partial charge < -0.3 is 19.3 Å². The van der Waals surface area contributed by atoms with Crippen LogP contribution in [0.3, 0.4) is 0 Å². The zero-order valence-electron chi connectivity index (χ0n) is 30.1. The summed E-state index contributed by atoms with van der Waals surface area (Å²) in [4.78, 5) is 0. The van der Waals surface area contributed by atoms with Crippen molar-refractivity contribution in [1.29, 1.82) is 0 Å². The monoisotopic (exact) mass is 656 g/mol. The molecule has 5 unspecified atom stereocenters. The summed E-state index contributed by atoms with van der Waals surface area (Å²) < 4.78 is 18.0. The van der Waals surface area contributed by atoms with Gasteiger partial charge in [-0.25, -0.2) is 0 Å². The summed E-state index contributed by atoms with van der Waals surface area (Å²) in [5.41, 5.74) is 8.91. The van der Waals surface area contributed by atoms with Crippen LogP contribution in [-0.4, -0.2) is 17.5 Å². The molecule has 0 bridgehead atoms. The number of rotatable bonds is 8. The molecule has 0 aromatic heterocycles. The van der Waals surface area contributed by atoms with Crippen LogP contribution in [0.1, 0.15) is 113 Å². The summed E-state index contributed by atoms with van der Waals surface area (Å²) in [5.74, 6) is 3.96. The standard InChI is InChI=1S/C25H26O2.C10H12O.C10H14O/c1-4-17(2)19-13-15-20(16-14-19)26-18(3)27-25-23-11-7-5-9-21(23)22-10-6-8-12-24(22)25;1-7-8(2)11-10-6-4-3-5-9(7)10;1-3-8(2)9-4-6-10(11)7-5-9/h5-18,25H,4H2,1-3H3;3-8H,1-2H3;4-8,11H,3H2,1-2H3. The Morgan fingerprint density at radius 1 is 0.612 bits per heavy atom. The first-order valence-electron chi connectivity index (χ1n) is 17.8. The summed E-state index contributed by atoms with van der Waals surface area (Å²) in [6.07, 6.45) is 2.19. The zero-order chi connectivity index (χ0) is 34.9. The van der Waals surface area contributed by atoms with E-state index >= 15 is 0 Å². The topological polar surface area (TPSA) is 47.9 Å². The molecular weight excluding hydrogens is 604 g/mol. The summed E-state index contributed by atoms with van der Waals surface area (Å²) in [7, 11) is 0. The Morgan fingerprint density at radius 2 is 1.08 bits per heavy atom. The Hall–Kier alpha value is -4.54. The molecule has 2 aliphatic rings. The molecule has 0 saturated heterocycles. The van der Waals surface area contributed by atoms with E-state index in [4.69, 9.17) is 19.3 Å². The highest BCUT2D eigenvalue weighted by Crippen LogP contribution is 2.45. The molecular formula is C45H52O4. The van der Waals surface area contributed by atoms with Crippen molar-refractivity contribution in [1.82, 2.24) is 0 Å². The summed E-state index contributed by atoms with van der Waals surface area (Å²) in [6, 6.07) is 41.0. The molecule has 5 aromatic carbocycles. The quantitative estimate of drug-likeness (QED) is 0.169. The molecule has 7 rings (SSSR count). The average Bonchev–Trinajstić information content (AvgIpc) is 3.61. The zero-order valence-corrected chi connectivity index (χ0v) is 30.1. The van der Waals surface area contributed by atoms with Crippen LogP contribution in [-0.2, 0) is 4.74 Å². The normalized spacial score (nSPS) is 17.4. The van der Waals surface area contributed by atoms with E-state index in [9.17, 15) is 0 Å². The van der Waals surface area contributed by atoms with Crippen molar-refractivity contribution in [2.75, 3.05) is 0 Å². The second-order valence-corrected chi connectivity index (χ2v) is 13.3. The molecule has 1 aliphatic heterocycles. The van der Waals surface area contributed by atoms with Gasteiger partial charge in [0.2, 0.25) is 0 Å².